The van der Waals surface area contributed by atoms with Crippen molar-refractivity contribution in [2.45, 2.75) is 96.8 Å². The molecule has 0 aromatic carbocycles. The van der Waals surface area contributed by atoms with Gasteiger partial charge in [0.05, 0.1) is 6.61 Å². The number of phosphoric ester groups is 1. The Kier molecular flexibility index (Phi) is 25.8. The van der Waals surface area contributed by atoms with Gasteiger partial charge in [-0.1, -0.05) is 76.9 Å². The third-order valence-electron chi connectivity index (χ3n) is 3.92. The molecule has 8 N–H and O–H groups in total. The highest BCUT2D eigenvalue weighted by Crippen LogP contribution is 2.35. The Morgan fingerprint density at radius 2 is 1.12 bits per heavy atom. The van der Waals surface area contributed by atoms with Crippen LogP contribution in [0.4, 0.5) is 0 Å². The Morgan fingerprint density at radius 3 is 1.56 bits per heavy atom. The lowest BCUT2D eigenvalue weighted by Crippen LogP contribution is -1.92. The molecule has 25 heavy (non-hydrogen) atoms. The molecule has 0 aromatic rings. The summed E-state index contributed by atoms with van der Waals surface area (Å²) in [5, 5.41) is 0. The Hall–Kier alpha value is -0.230. The van der Waals surface area contributed by atoms with Gasteiger partial charge in [-0.2, -0.15) is 0 Å². The maximum Gasteiger partial charge on any atom is 0.469 e. The topological polar surface area (TPSA) is 137 Å². The molecule has 0 spiro atoms. The van der Waals surface area contributed by atoms with E-state index in [2.05, 4.69) is 23.6 Å². The number of rotatable bonds is 17. The number of phosphoric acid groups is 1. The predicted octanol–water partition coefficient (Wildman–Crippen LogP) is 6.46. The summed E-state index contributed by atoms with van der Waals surface area (Å²) in [5.74, 6) is 0. The van der Waals surface area contributed by atoms with Crippen molar-refractivity contribution in [1.82, 2.24) is 12.3 Å². The summed E-state index contributed by atoms with van der Waals surface area (Å²) in [6, 6.07) is 0. The van der Waals surface area contributed by atoms with E-state index >= 15 is 0 Å². The third-order valence-corrected chi connectivity index (χ3v) is 4.43. The van der Waals surface area contributed by atoms with Crippen LogP contribution in [0, 0.1) is 0 Å². The van der Waals surface area contributed by atoms with Crippen molar-refractivity contribution >= 4 is 7.82 Å². The normalized spacial score (nSPS) is 11.3. The number of unbranched alkanes of at least 4 members (excludes halogenated alkanes) is 12. The van der Waals surface area contributed by atoms with Crippen molar-refractivity contribution in [2.75, 3.05) is 6.61 Å². The molecule has 0 bridgehead atoms. The molecule has 6 nitrogen and oxygen atoms in total. The molecule has 0 amide bonds. The second-order valence-corrected chi connectivity index (χ2v) is 7.50. The molecular formula is C18H43N2O4P. The first-order valence-corrected chi connectivity index (χ1v) is 10.9. The monoisotopic (exact) mass is 382 g/mol. The van der Waals surface area contributed by atoms with Gasteiger partial charge in [-0.15, -0.1) is 0 Å². The van der Waals surface area contributed by atoms with E-state index in [0.29, 0.717) is 0 Å². The Labute approximate surface area is 155 Å². The molecule has 0 unspecified atom stereocenters. The number of hydrogen-bond acceptors (Lipinski definition) is 4. The molecule has 0 aliphatic carbocycles. The molecule has 0 saturated carbocycles. The van der Waals surface area contributed by atoms with Crippen LogP contribution in [0.15, 0.2) is 12.2 Å². The molecule has 0 saturated heterocycles. The summed E-state index contributed by atoms with van der Waals surface area (Å²) in [6.45, 7) is 2.41. The summed E-state index contributed by atoms with van der Waals surface area (Å²) < 4.78 is 14.9. The van der Waals surface area contributed by atoms with Gasteiger partial charge in [-0.25, -0.2) is 4.57 Å². The van der Waals surface area contributed by atoms with Gasteiger partial charge in [0.2, 0.25) is 0 Å². The largest absolute Gasteiger partial charge is 0.469 e. The van der Waals surface area contributed by atoms with Crippen molar-refractivity contribution < 1.29 is 18.9 Å². The highest BCUT2D eigenvalue weighted by atomic mass is 31.2. The number of allylic oxidation sites excluding steroid dienone is 2. The molecule has 7 heteroatoms. The van der Waals surface area contributed by atoms with Crippen LogP contribution in [-0.2, 0) is 9.09 Å². The standard InChI is InChI=1S/C18H37O4P.2H3N/c1-2-3-4-5-6-7-8-9-10-11-12-13-14-15-16-17-18-22-23(19,20)21;;/h9-10H,2-8,11-18H2,1H3,(H2,19,20,21);2*1H3. The molecule has 0 aromatic heterocycles. The van der Waals surface area contributed by atoms with E-state index in [-0.39, 0.29) is 18.9 Å². The zero-order valence-corrected chi connectivity index (χ0v) is 17.2. The summed E-state index contributed by atoms with van der Waals surface area (Å²) in [4.78, 5) is 17.1. The van der Waals surface area contributed by atoms with Gasteiger partial charge in [0.25, 0.3) is 0 Å². The van der Waals surface area contributed by atoms with E-state index in [0.717, 1.165) is 19.3 Å². The van der Waals surface area contributed by atoms with E-state index in [4.69, 9.17) is 9.79 Å². The van der Waals surface area contributed by atoms with E-state index in [1.807, 2.05) is 0 Å². The fraction of sp³-hybridized carbons (Fsp3) is 0.889. The van der Waals surface area contributed by atoms with Crippen LogP contribution in [0.2, 0.25) is 0 Å². The molecule has 0 fully saturated rings. The first kappa shape index (κ1) is 29.5. The highest BCUT2D eigenvalue weighted by Gasteiger charge is 2.12. The minimum atomic E-state index is -4.26. The molecule has 154 valence electrons. The third kappa shape index (κ3) is 28.8. The molecule has 0 aliphatic heterocycles. The van der Waals surface area contributed by atoms with Crippen molar-refractivity contribution in [3.05, 3.63) is 12.2 Å². The summed E-state index contributed by atoms with van der Waals surface area (Å²) in [7, 11) is -4.26. The molecule has 0 aliphatic rings. The van der Waals surface area contributed by atoms with Gasteiger partial charge < -0.3 is 22.1 Å². The van der Waals surface area contributed by atoms with Gasteiger partial charge in [-0.05, 0) is 32.1 Å². The van der Waals surface area contributed by atoms with Crippen LogP contribution in [0.3, 0.4) is 0 Å². The Bertz CT molecular complexity index is 322. The predicted molar refractivity (Wildman–Crippen MR) is 107 cm³/mol. The van der Waals surface area contributed by atoms with E-state index in [1.54, 1.807) is 0 Å². The minimum Gasteiger partial charge on any atom is -0.344 e. The van der Waals surface area contributed by atoms with Gasteiger partial charge in [0.15, 0.2) is 0 Å². The second kappa shape index (κ2) is 21.8. The fourth-order valence-corrected chi connectivity index (χ4v) is 2.90. The quantitative estimate of drug-likeness (QED) is 0.129. The van der Waals surface area contributed by atoms with Gasteiger partial charge >= 0.3 is 7.82 Å². The van der Waals surface area contributed by atoms with Gasteiger partial charge in [0, 0.05) is 0 Å². The van der Waals surface area contributed by atoms with Crippen LogP contribution >= 0.6 is 7.82 Å². The number of hydrogen-bond donors (Lipinski definition) is 4. The van der Waals surface area contributed by atoms with E-state index in [1.165, 1.54) is 70.6 Å². The Balaban J connectivity index is -0.00000242. The minimum absolute atomic E-state index is 0. The smallest absolute Gasteiger partial charge is 0.344 e. The van der Waals surface area contributed by atoms with Crippen LogP contribution in [-0.4, -0.2) is 16.4 Å². The maximum absolute atomic E-state index is 10.5. The van der Waals surface area contributed by atoms with Crippen LogP contribution in [0.25, 0.3) is 0 Å². The van der Waals surface area contributed by atoms with Crippen LogP contribution < -0.4 is 12.3 Å². The van der Waals surface area contributed by atoms with Crippen LogP contribution in [0.5, 0.6) is 0 Å². The molecule has 0 heterocycles. The van der Waals surface area contributed by atoms with Crippen LogP contribution in [0.1, 0.15) is 96.8 Å². The van der Waals surface area contributed by atoms with Gasteiger partial charge in [-0.3, -0.25) is 4.52 Å². The first-order valence-electron chi connectivity index (χ1n) is 9.41. The lowest BCUT2D eigenvalue weighted by atomic mass is 10.1. The zero-order valence-electron chi connectivity index (χ0n) is 16.3. The highest BCUT2D eigenvalue weighted by molar-refractivity contribution is 7.46. The summed E-state index contributed by atoms with van der Waals surface area (Å²) in [5.41, 5.74) is 0. The first-order chi connectivity index (χ1) is 11.1. The van der Waals surface area contributed by atoms with Crippen molar-refractivity contribution in [2.24, 2.45) is 0 Å². The maximum atomic E-state index is 10.5. The molecule has 0 radical (unpaired) electrons. The zero-order chi connectivity index (χ0) is 17.2. The van der Waals surface area contributed by atoms with Crippen molar-refractivity contribution in [1.29, 1.82) is 0 Å². The average Bonchev–Trinajstić information content (AvgIpc) is 2.49. The summed E-state index contributed by atoms with van der Waals surface area (Å²) in [6.07, 6.45) is 21.7. The lowest BCUT2D eigenvalue weighted by Gasteiger charge is -2.04. The van der Waals surface area contributed by atoms with Crippen molar-refractivity contribution in [3.8, 4) is 0 Å². The lowest BCUT2D eigenvalue weighted by molar-refractivity contribution is 0.193. The molecule has 0 atom stereocenters. The SMILES string of the molecule is CCCCCCCCC=CCCCCCCCCOP(=O)(O)O.N.N. The molecule has 0 rings (SSSR count). The fourth-order valence-electron chi connectivity index (χ4n) is 2.53. The summed E-state index contributed by atoms with van der Waals surface area (Å²) >= 11 is 0. The Morgan fingerprint density at radius 1 is 0.720 bits per heavy atom. The van der Waals surface area contributed by atoms with Gasteiger partial charge in [0.1, 0.15) is 0 Å². The van der Waals surface area contributed by atoms with Crippen molar-refractivity contribution in [3.63, 3.8) is 0 Å². The molecular weight excluding hydrogens is 339 g/mol. The second-order valence-electron chi connectivity index (χ2n) is 6.26. The average molecular weight is 383 g/mol. The van der Waals surface area contributed by atoms with E-state index < -0.39 is 7.82 Å². The van der Waals surface area contributed by atoms with E-state index in [9.17, 15) is 4.57 Å².